The van der Waals surface area contributed by atoms with Gasteiger partial charge in [0.25, 0.3) is 0 Å². The zero-order valence-electron chi connectivity index (χ0n) is 8.66. The maximum atomic E-state index is 5.17. The summed E-state index contributed by atoms with van der Waals surface area (Å²) in [4.78, 5) is 0. The van der Waals surface area contributed by atoms with Crippen LogP contribution in [0.25, 0.3) is 0 Å². The first-order chi connectivity index (χ1) is 6.68. The van der Waals surface area contributed by atoms with E-state index in [0.717, 1.165) is 32.0 Å². The first kappa shape index (κ1) is 9.61. The Balaban J connectivity index is 1.72. The summed E-state index contributed by atoms with van der Waals surface area (Å²) in [5.74, 6) is 0. The van der Waals surface area contributed by atoms with Crippen LogP contribution in [0.4, 0.5) is 0 Å². The van der Waals surface area contributed by atoms with Gasteiger partial charge in [0.1, 0.15) is 0 Å². The molecule has 5 heteroatoms. The van der Waals surface area contributed by atoms with Crippen molar-refractivity contribution >= 4 is 0 Å². The molecule has 1 N–H and O–H groups in total. The Bertz CT molecular complexity index is 306. The van der Waals surface area contributed by atoms with Crippen molar-refractivity contribution in [1.82, 2.24) is 20.3 Å². The summed E-state index contributed by atoms with van der Waals surface area (Å²) in [7, 11) is 1.87. The van der Waals surface area contributed by atoms with E-state index in [1.807, 2.05) is 13.2 Å². The maximum Gasteiger partial charge on any atom is 0.0964 e. The highest BCUT2D eigenvalue weighted by Crippen LogP contribution is 2.24. The average molecular weight is 196 g/mol. The number of nitrogens with zero attached hydrogens (tertiary/aromatic N) is 3. The first-order valence-corrected chi connectivity index (χ1v) is 4.82. The maximum absolute atomic E-state index is 5.17. The van der Waals surface area contributed by atoms with Gasteiger partial charge in [0.2, 0.25) is 0 Å². The number of hydrogen-bond acceptors (Lipinski definition) is 4. The molecule has 0 amide bonds. The van der Waals surface area contributed by atoms with Gasteiger partial charge in [-0.05, 0) is 0 Å². The molecule has 0 bridgehead atoms. The van der Waals surface area contributed by atoms with E-state index in [4.69, 9.17) is 4.74 Å². The van der Waals surface area contributed by atoms with Crippen molar-refractivity contribution in [3.8, 4) is 0 Å². The summed E-state index contributed by atoms with van der Waals surface area (Å²) in [6.07, 6.45) is 1.92. The molecule has 0 unspecified atom stereocenters. The molecule has 1 aromatic heterocycles. The Morgan fingerprint density at radius 1 is 1.64 bits per heavy atom. The van der Waals surface area contributed by atoms with Crippen LogP contribution in [0.15, 0.2) is 6.20 Å². The molecule has 1 aliphatic heterocycles. The molecule has 0 spiro atoms. The minimum absolute atomic E-state index is 0.322. The van der Waals surface area contributed by atoms with Gasteiger partial charge in [-0.1, -0.05) is 12.1 Å². The summed E-state index contributed by atoms with van der Waals surface area (Å²) in [6.45, 7) is 5.70. The SMILES string of the molecule is Cn1cc(CNCC2(C)COC2)nn1. The fourth-order valence-corrected chi connectivity index (χ4v) is 1.52. The largest absolute Gasteiger partial charge is 0.380 e. The van der Waals surface area contributed by atoms with Crippen LogP contribution in [-0.4, -0.2) is 34.8 Å². The van der Waals surface area contributed by atoms with Crippen LogP contribution >= 0.6 is 0 Å². The van der Waals surface area contributed by atoms with E-state index < -0.39 is 0 Å². The lowest BCUT2D eigenvalue weighted by atomic mass is 9.89. The van der Waals surface area contributed by atoms with E-state index >= 15 is 0 Å². The van der Waals surface area contributed by atoms with E-state index in [0.29, 0.717) is 5.41 Å². The Morgan fingerprint density at radius 3 is 2.93 bits per heavy atom. The normalized spacial score (nSPS) is 19.3. The molecule has 14 heavy (non-hydrogen) atoms. The van der Waals surface area contributed by atoms with Crippen LogP contribution in [0, 0.1) is 5.41 Å². The van der Waals surface area contributed by atoms with Gasteiger partial charge in [-0.3, -0.25) is 4.68 Å². The van der Waals surface area contributed by atoms with E-state index in [9.17, 15) is 0 Å². The third kappa shape index (κ3) is 2.10. The number of nitrogens with one attached hydrogen (secondary N) is 1. The molecule has 1 aliphatic rings. The smallest absolute Gasteiger partial charge is 0.0964 e. The molecule has 1 aromatic rings. The first-order valence-electron chi connectivity index (χ1n) is 4.82. The second-order valence-corrected chi connectivity index (χ2v) is 4.29. The van der Waals surface area contributed by atoms with Gasteiger partial charge in [0.15, 0.2) is 0 Å². The topological polar surface area (TPSA) is 52.0 Å². The highest BCUT2D eigenvalue weighted by Gasteiger charge is 2.32. The molecular formula is C9H16N4O. The molecule has 2 heterocycles. The van der Waals surface area contributed by atoms with Gasteiger partial charge in [-0.2, -0.15) is 0 Å². The summed E-state index contributed by atoms with van der Waals surface area (Å²) in [6, 6.07) is 0. The van der Waals surface area contributed by atoms with Crippen molar-refractivity contribution in [2.24, 2.45) is 12.5 Å². The third-order valence-corrected chi connectivity index (χ3v) is 2.41. The van der Waals surface area contributed by atoms with Crippen molar-refractivity contribution < 1.29 is 4.74 Å². The van der Waals surface area contributed by atoms with Crippen LogP contribution in [-0.2, 0) is 18.3 Å². The van der Waals surface area contributed by atoms with Crippen molar-refractivity contribution in [2.75, 3.05) is 19.8 Å². The number of aromatic nitrogens is 3. The van der Waals surface area contributed by atoms with E-state index in [2.05, 4.69) is 22.6 Å². The fourth-order valence-electron chi connectivity index (χ4n) is 1.52. The molecule has 5 nitrogen and oxygen atoms in total. The van der Waals surface area contributed by atoms with Gasteiger partial charge in [0, 0.05) is 31.7 Å². The number of aryl methyl sites for hydroxylation is 1. The van der Waals surface area contributed by atoms with Crippen molar-refractivity contribution in [2.45, 2.75) is 13.5 Å². The van der Waals surface area contributed by atoms with Gasteiger partial charge < -0.3 is 10.1 Å². The minimum Gasteiger partial charge on any atom is -0.380 e. The van der Waals surface area contributed by atoms with E-state index in [-0.39, 0.29) is 0 Å². The lowest BCUT2D eigenvalue weighted by molar-refractivity contribution is -0.0991. The predicted molar refractivity (Wildman–Crippen MR) is 51.6 cm³/mol. The summed E-state index contributed by atoms with van der Waals surface area (Å²) in [5, 5.41) is 11.2. The number of rotatable bonds is 4. The van der Waals surface area contributed by atoms with Crippen LogP contribution < -0.4 is 5.32 Å². The van der Waals surface area contributed by atoms with Crippen molar-refractivity contribution in [1.29, 1.82) is 0 Å². The highest BCUT2D eigenvalue weighted by atomic mass is 16.5. The van der Waals surface area contributed by atoms with E-state index in [1.54, 1.807) is 4.68 Å². The van der Waals surface area contributed by atoms with E-state index in [1.165, 1.54) is 0 Å². The van der Waals surface area contributed by atoms with Gasteiger partial charge in [-0.15, -0.1) is 5.10 Å². The van der Waals surface area contributed by atoms with Crippen molar-refractivity contribution in [3.63, 3.8) is 0 Å². The molecule has 1 fully saturated rings. The average Bonchev–Trinajstić information content (AvgIpc) is 2.49. The summed E-state index contributed by atoms with van der Waals surface area (Å²) in [5.41, 5.74) is 1.30. The zero-order chi connectivity index (χ0) is 10.0. The summed E-state index contributed by atoms with van der Waals surface area (Å²) >= 11 is 0. The van der Waals surface area contributed by atoms with Gasteiger partial charge >= 0.3 is 0 Å². The number of ether oxygens (including phenoxy) is 1. The number of hydrogen-bond donors (Lipinski definition) is 1. The molecule has 0 atom stereocenters. The standard InChI is InChI=1S/C9H16N4O/c1-9(6-14-7-9)5-10-3-8-4-13(2)12-11-8/h4,10H,3,5-7H2,1-2H3. The molecule has 78 valence electrons. The van der Waals surface area contributed by atoms with Crippen LogP contribution in [0.1, 0.15) is 12.6 Å². The quantitative estimate of drug-likeness (QED) is 0.733. The van der Waals surface area contributed by atoms with Crippen LogP contribution in [0.5, 0.6) is 0 Å². The Kier molecular flexibility index (Phi) is 2.52. The molecule has 0 aliphatic carbocycles. The predicted octanol–water partition coefficient (Wildman–Crippen LogP) is -0.0588. The lowest BCUT2D eigenvalue weighted by Gasteiger charge is -2.38. The van der Waals surface area contributed by atoms with Crippen LogP contribution in [0.2, 0.25) is 0 Å². The van der Waals surface area contributed by atoms with Gasteiger partial charge in [-0.25, -0.2) is 0 Å². The Hall–Kier alpha value is -0.940. The minimum atomic E-state index is 0.322. The van der Waals surface area contributed by atoms with Gasteiger partial charge in [0.05, 0.1) is 18.9 Å². The summed E-state index contributed by atoms with van der Waals surface area (Å²) < 4.78 is 6.89. The molecule has 1 saturated heterocycles. The second kappa shape index (κ2) is 3.67. The Morgan fingerprint density at radius 2 is 2.43 bits per heavy atom. The zero-order valence-corrected chi connectivity index (χ0v) is 8.66. The third-order valence-electron chi connectivity index (χ3n) is 2.41. The second-order valence-electron chi connectivity index (χ2n) is 4.29. The fraction of sp³-hybridized carbons (Fsp3) is 0.778. The molecule has 0 radical (unpaired) electrons. The highest BCUT2D eigenvalue weighted by molar-refractivity contribution is 4.92. The molecule has 0 aromatic carbocycles. The Labute approximate surface area is 83.4 Å². The molecule has 0 saturated carbocycles. The van der Waals surface area contributed by atoms with Crippen molar-refractivity contribution in [3.05, 3.63) is 11.9 Å². The monoisotopic (exact) mass is 196 g/mol. The van der Waals surface area contributed by atoms with Crippen LogP contribution in [0.3, 0.4) is 0 Å². The molecule has 2 rings (SSSR count). The lowest BCUT2D eigenvalue weighted by Crippen LogP contribution is -2.47. The molecular weight excluding hydrogens is 180 g/mol.